The second kappa shape index (κ2) is 10.0. The van der Waals surface area contributed by atoms with Gasteiger partial charge in [-0.3, -0.25) is 4.79 Å². The van der Waals surface area contributed by atoms with Gasteiger partial charge >= 0.3 is 5.97 Å². The van der Waals surface area contributed by atoms with E-state index >= 15 is 0 Å². The molecule has 33 heavy (non-hydrogen) atoms. The lowest BCUT2D eigenvalue weighted by molar-refractivity contribution is -0.120. The molecule has 1 fully saturated rings. The SMILES string of the molecule is CCOC(=O)c1c(S(=O)(=O)N2CCC[C@H](C(=O)Nc3cccc(C)n3)C2)c(C)n(CC)c1C. The fourth-order valence-corrected chi connectivity index (χ4v) is 6.41. The van der Waals surface area contributed by atoms with E-state index in [1.807, 2.05) is 19.9 Å². The Morgan fingerprint density at radius 1 is 1.18 bits per heavy atom. The Morgan fingerprint density at radius 2 is 1.91 bits per heavy atom. The van der Waals surface area contributed by atoms with Gasteiger partial charge in [0, 0.05) is 36.7 Å². The third-order valence-corrected chi connectivity index (χ3v) is 8.04. The normalized spacial score (nSPS) is 17.1. The molecule has 0 radical (unpaired) electrons. The Bertz CT molecular complexity index is 1160. The monoisotopic (exact) mass is 476 g/mol. The van der Waals surface area contributed by atoms with Crippen LogP contribution in [-0.2, 0) is 26.1 Å². The Balaban J connectivity index is 1.91. The second-order valence-corrected chi connectivity index (χ2v) is 10.1. The third-order valence-electron chi connectivity index (χ3n) is 6.02. The molecule has 0 spiro atoms. The molecule has 1 saturated heterocycles. The van der Waals surface area contributed by atoms with E-state index in [1.54, 1.807) is 37.5 Å². The van der Waals surface area contributed by atoms with Crippen molar-refractivity contribution in [2.75, 3.05) is 25.0 Å². The summed E-state index contributed by atoms with van der Waals surface area (Å²) in [7, 11) is -4.03. The molecule has 1 N–H and O–H groups in total. The molecule has 0 saturated carbocycles. The van der Waals surface area contributed by atoms with Crippen molar-refractivity contribution in [1.29, 1.82) is 0 Å². The van der Waals surface area contributed by atoms with Crippen LogP contribution in [0.15, 0.2) is 23.1 Å². The minimum atomic E-state index is -4.03. The summed E-state index contributed by atoms with van der Waals surface area (Å²) in [5, 5.41) is 2.79. The number of amides is 1. The van der Waals surface area contributed by atoms with Gasteiger partial charge < -0.3 is 14.6 Å². The summed E-state index contributed by atoms with van der Waals surface area (Å²) in [6.07, 6.45) is 1.11. The molecule has 1 amide bonds. The molecule has 180 valence electrons. The number of anilines is 1. The number of sulfonamides is 1. The molecule has 10 heteroatoms. The van der Waals surface area contributed by atoms with Crippen LogP contribution in [0.3, 0.4) is 0 Å². The smallest absolute Gasteiger partial charge is 0.341 e. The van der Waals surface area contributed by atoms with Crippen molar-refractivity contribution >= 4 is 27.7 Å². The van der Waals surface area contributed by atoms with Crippen LogP contribution in [-0.4, -0.2) is 53.8 Å². The van der Waals surface area contributed by atoms with E-state index in [9.17, 15) is 18.0 Å². The molecular weight excluding hydrogens is 444 g/mol. The quantitative estimate of drug-likeness (QED) is 0.615. The van der Waals surface area contributed by atoms with Crippen molar-refractivity contribution in [3.63, 3.8) is 0 Å². The zero-order valence-corrected chi connectivity index (χ0v) is 20.7. The van der Waals surface area contributed by atoms with Crippen LogP contribution in [0.1, 0.15) is 54.1 Å². The van der Waals surface area contributed by atoms with Crippen LogP contribution in [0.4, 0.5) is 5.82 Å². The first-order chi connectivity index (χ1) is 15.6. The number of hydrogen-bond donors (Lipinski definition) is 1. The van der Waals surface area contributed by atoms with E-state index in [1.165, 1.54) is 4.31 Å². The van der Waals surface area contributed by atoms with Crippen molar-refractivity contribution < 1.29 is 22.7 Å². The van der Waals surface area contributed by atoms with Gasteiger partial charge in [-0.1, -0.05) is 6.07 Å². The number of aromatic nitrogens is 2. The molecule has 0 aromatic carbocycles. The van der Waals surface area contributed by atoms with Gasteiger partial charge in [0.15, 0.2) is 0 Å². The second-order valence-electron chi connectivity index (χ2n) is 8.20. The van der Waals surface area contributed by atoms with Crippen molar-refractivity contribution in [1.82, 2.24) is 13.9 Å². The minimum absolute atomic E-state index is 0.0262. The molecule has 9 nitrogen and oxygen atoms in total. The van der Waals surface area contributed by atoms with Gasteiger partial charge in [-0.15, -0.1) is 0 Å². The summed E-state index contributed by atoms with van der Waals surface area (Å²) < 4.78 is 35.8. The summed E-state index contributed by atoms with van der Waals surface area (Å²) in [6, 6.07) is 5.34. The minimum Gasteiger partial charge on any atom is -0.462 e. The van der Waals surface area contributed by atoms with Crippen molar-refractivity contribution in [3.05, 3.63) is 40.8 Å². The highest BCUT2D eigenvalue weighted by Gasteiger charge is 2.39. The highest BCUT2D eigenvalue weighted by Crippen LogP contribution is 2.32. The fraction of sp³-hybridized carbons (Fsp3) is 0.522. The number of rotatable bonds is 7. The third kappa shape index (κ3) is 4.96. The highest BCUT2D eigenvalue weighted by atomic mass is 32.2. The van der Waals surface area contributed by atoms with Crippen LogP contribution in [0, 0.1) is 26.7 Å². The van der Waals surface area contributed by atoms with Crippen LogP contribution in [0.5, 0.6) is 0 Å². The maximum absolute atomic E-state index is 13.8. The summed E-state index contributed by atoms with van der Waals surface area (Å²) in [5.74, 6) is -0.994. The maximum Gasteiger partial charge on any atom is 0.341 e. The predicted octanol–water partition coefficient (Wildman–Crippen LogP) is 3.04. The number of ether oxygens (including phenoxy) is 1. The number of esters is 1. The van der Waals surface area contributed by atoms with Gasteiger partial charge in [-0.25, -0.2) is 18.2 Å². The first kappa shape index (κ1) is 24.9. The van der Waals surface area contributed by atoms with Crippen LogP contribution in [0.2, 0.25) is 0 Å². The average Bonchev–Trinajstić information content (AvgIpc) is 3.04. The Hall–Kier alpha value is -2.72. The maximum atomic E-state index is 13.8. The highest BCUT2D eigenvalue weighted by molar-refractivity contribution is 7.89. The number of pyridine rings is 1. The number of piperidine rings is 1. The van der Waals surface area contributed by atoms with Gasteiger partial charge in [-0.05, 0) is 59.6 Å². The molecule has 3 rings (SSSR count). The lowest BCUT2D eigenvalue weighted by atomic mass is 9.99. The van der Waals surface area contributed by atoms with Crippen LogP contribution >= 0.6 is 0 Å². The zero-order chi connectivity index (χ0) is 24.3. The van der Waals surface area contributed by atoms with Crippen LogP contribution in [0.25, 0.3) is 0 Å². The number of hydrogen-bond acceptors (Lipinski definition) is 6. The zero-order valence-electron chi connectivity index (χ0n) is 19.8. The van der Waals surface area contributed by atoms with E-state index in [4.69, 9.17) is 4.74 Å². The number of aryl methyl sites for hydroxylation is 1. The standard InChI is InChI=1S/C23H32N4O5S/c1-6-27-16(4)20(23(29)32-7-2)21(17(27)5)33(30,31)26-13-9-11-18(14-26)22(28)25-19-12-8-10-15(3)24-19/h8,10,12,18H,6-7,9,11,13-14H2,1-5H3,(H,24,25,28)/t18-/m0/s1. The number of carbonyl (C=O) groups excluding carboxylic acids is 2. The topological polar surface area (TPSA) is 111 Å². The molecule has 1 aliphatic rings. The van der Waals surface area contributed by atoms with E-state index in [-0.39, 0.29) is 36.1 Å². The van der Waals surface area contributed by atoms with Crippen molar-refractivity contribution in [3.8, 4) is 0 Å². The van der Waals surface area contributed by atoms with Crippen molar-refractivity contribution in [2.24, 2.45) is 5.92 Å². The Kier molecular flexibility index (Phi) is 7.58. The molecule has 2 aromatic rings. The molecule has 3 heterocycles. The lowest BCUT2D eigenvalue weighted by Crippen LogP contribution is -2.44. The van der Waals surface area contributed by atoms with E-state index < -0.39 is 21.9 Å². The molecule has 2 aromatic heterocycles. The Labute approximate surface area is 195 Å². The summed E-state index contributed by atoms with van der Waals surface area (Å²) in [6.45, 7) is 9.82. The molecule has 1 atom stereocenters. The number of nitrogens with zero attached hydrogens (tertiary/aromatic N) is 3. The summed E-state index contributed by atoms with van der Waals surface area (Å²) in [5.41, 5.74) is 1.91. The summed E-state index contributed by atoms with van der Waals surface area (Å²) in [4.78, 5) is 29.8. The largest absolute Gasteiger partial charge is 0.462 e. The van der Waals surface area contributed by atoms with Crippen molar-refractivity contribution in [2.45, 2.75) is 58.9 Å². The number of carbonyl (C=O) groups is 2. The van der Waals surface area contributed by atoms with Gasteiger partial charge in [0.1, 0.15) is 16.3 Å². The molecule has 1 aliphatic heterocycles. The summed E-state index contributed by atoms with van der Waals surface area (Å²) >= 11 is 0. The fourth-order valence-electron chi connectivity index (χ4n) is 4.43. The Morgan fingerprint density at radius 3 is 2.55 bits per heavy atom. The number of nitrogens with one attached hydrogen (secondary N) is 1. The van der Waals surface area contributed by atoms with Gasteiger partial charge in [0.2, 0.25) is 15.9 Å². The van der Waals surface area contributed by atoms with Gasteiger partial charge in [0.25, 0.3) is 0 Å². The van der Waals surface area contributed by atoms with Gasteiger partial charge in [0.05, 0.1) is 12.5 Å². The molecule has 0 bridgehead atoms. The average molecular weight is 477 g/mol. The molecule has 0 unspecified atom stereocenters. The van der Waals surface area contributed by atoms with Gasteiger partial charge in [-0.2, -0.15) is 4.31 Å². The first-order valence-electron chi connectivity index (χ1n) is 11.2. The van der Waals surface area contributed by atoms with Crippen LogP contribution < -0.4 is 5.32 Å². The molecular formula is C23H32N4O5S. The molecule has 0 aliphatic carbocycles. The lowest BCUT2D eigenvalue weighted by Gasteiger charge is -2.31. The van der Waals surface area contributed by atoms with E-state index in [0.717, 1.165) is 5.69 Å². The first-order valence-corrected chi connectivity index (χ1v) is 12.7. The van der Waals surface area contributed by atoms with E-state index in [2.05, 4.69) is 10.3 Å². The van der Waals surface area contributed by atoms with E-state index in [0.29, 0.717) is 36.6 Å². The predicted molar refractivity (Wildman–Crippen MR) is 125 cm³/mol.